The summed E-state index contributed by atoms with van der Waals surface area (Å²) in [6.07, 6.45) is 20.2. The van der Waals surface area contributed by atoms with Crippen LogP contribution in [0.15, 0.2) is 0 Å². The van der Waals surface area contributed by atoms with Crippen LogP contribution >= 0.6 is 0 Å². The molecule has 5 aliphatic rings. The van der Waals surface area contributed by atoms with Gasteiger partial charge in [-0.3, -0.25) is 0 Å². The lowest BCUT2D eigenvalue weighted by Crippen LogP contribution is -2.49. The average Bonchev–Trinajstić information content (AvgIpc) is 2.25. The first-order valence-corrected chi connectivity index (χ1v) is 8.69. The Labute approximate surface area is 113 Å². The van der Waals surface area contributed by atoms with Crippen LogP contribution in [0.2, 0.25) is 0 Å². The fraction of sp³-hybridized carbons (Fsp3) is 0.944. The second kappa shape index (κ2) is 4.53. The van der Waals surface area contributed by atoms with Gasteiger partial charge in [-0.15, -0.1) is 0 Å². The molecule has 0 spiro atoms. The lowest BCUT2D eigenvalue weighted by molar-refractivity contribution is -0.0486. The van der Waals surface area contributed by atoms with E-state index in [9.17, 15) is 0 Å². The van der Waals surface area contributed by atoms with Crippen LogP contribution in [-0.2, 0) is 0 Å². The van der Waals surface area contributed by atoms with Crippen molar-refractivity contribution in [1.29, 1.82) is 0 Å². The molecule has 0 aliphatic heterocycles. The van der Waals surface area contributed by atoms with E-state index in [0.29, 0.717) is 0 Å². The minimum absolute atomic E-state index is 0.770. The SMILES string of the molecule is C1CCC[C](C23CC4CC(CC(C4)C2)C3)CCC1. The number of rotatable bonds is 1. The van der Waals surface area contributed by atoms with Gasteiger partial charge in [-0.05, 0) is 80.5 Å². The lowest BCUT2D eigenvalue weighted by Gasteiger charge is -2.59. The molecular formula is C18H29. The zero-order valence-electron chi connectivity index (χ0n) is 11.9. The zero-order chi connectivity index (χ0) is 12.0. The maximum Gasteiger partial charge on any atom is -0.0179 e. The van der Waals surface area contributed by atoms with Gasteiger partial charge in [0.25, 0.3) is 0 Å². The molecule has 5 aliphatic carbocycles. The largest absolute Gasteiger partial charge is 0.0533 e. The van der Waals surface area contributed by atoms with E-state index < -0.39 is 0 Å². The van der Waals surface area contributed by atoms with Crippen molar-refractivity contribution in [1.82, 2.24) is 0 Å². The highest BCUT2D eigenvalue weighted by Gasteiger charge is 2.53. The van der Waals surface area contributed by atoms with Gasteiger partial charge < -0.3 is 0 Å². The van der Waals surface area contributed by atoms with Crippen LogP contribution in [0.5, 0.6) is 0 Å². The molecule has 5 saturated carbocycles. The lowest BCUT2D eigenvalue weighted by atomic mass is 9.45. The van der Waals surface area contributed by atoms with Crippen molar-refractivity contribution < 1.29 is 0 Å². The normalized spacial score (nSPS) is 49.0. The summed E-state index contributed by atoms with van der Waals surface area (Å²) < 4.78 is 0. The molecule has 0 aromatic rings. The first kappa shape index (κ1) is 11.8. The second-order valence-corrected chi connectivity index (χ2v) is 8.07. The highest BCUT2D eigenvalue weighted by molar-refractivity contribution is 5.15. The van der Waals surface area contributed by atoms with Crippen molar-refractivity contribution in [2.75, 3.05) is 0 Å². The predicted molar refractivity (Wildman–Crippen MR) is 76.2 cm³/mol. The van der Waals surface area contributed by atoms with Gasteiger partial charge in [0.2, 0.25) is 0 Å². The van der Waals surface area contributed by atoms with Gasteiger partial charge >= 0.3 is 0 Å². The molecule has 0 heterocycles. The summed E-state index contributed by atoms with van der Waals surface area (Å²) >= 11 is 0. The van der Waals surface area contributed by atoms with E-state index in [4.69, 9.17) is 0 Å². The Balaban J connectivity index is 1.54. The van der Waals surface area contributed by atoms with Crippen LogP contribution < -0.4 is 0 Å². The Morgan fingerprint density at radius 2 is 1.06 bits per heavy atom. The van der Waals surface area contributed by atoms with Crippen molar-refractivity contribution in [3.05, 3.63) is 5.92 Å². The molecule has 0 unspecified atom stereocenters. The van der Waals surface area contributed by atoms with Gasteiger partial charge in [0.05, 0.1) is 0 Å². The van der Waals surface area contributed by atoms with Gasteiger partial charge in [-0.2, -0.15) is 0 Å². The summed E-state index contributed by atoms with van der Waals surface area (Å²) in [5.41, 5.74) is 0.770. The summed E-state index contributed by atoms with van der Waals surface area (Å²) in [6, 6.07) is 0. The summed E-state index contributed by atoms with van der Waals surface area (Å²) in [5, 5.41) is 0. The summed E-state index contributed by atoms with van der Waals surface area (Å²) in [7, 11) is 0. The zero-order valence-corrected chi connectivity index (χ0v) is 11.9. The van der Waals surface area contributed by atoms with Crippen molar-refractivity contribution in [2.45, 2.75) is 83.5 Å². The maximum absolute atomic E-state index is 2.06. The van der Waals surface area contributed by atoms with Crippen LogP contribution in [-0.4, -0.2) is 0 Å². The third-order valence-corrected chi connectivity index (χ3v) is 6.75. The molecule has 0 amide bonds. The topological polar surface area (TPSA) is 0 Å². The first-order valence-electron chi connectivity index (χ1n) is 8.69. The van der Waals surface area contributed by atoms with Gasteiger partial charge in [0.1, 0.15) is 0 Å². The predicted octanol–water partition coefficient (Wildman–Crippen LogP) is 5.52. The fourth-order valence-corrected chi connectivity index (χ4v) is 6.41. The molecule has 4 bridgehead atoms. The van der Waals surface area contributed by atoms with Crippen LogP contribution in [0.4, 0.5) is 0 Å². The number of hydrogen-bond donors (Lipinski definition) is 0. The van der Waals surface area contributed by atoms with Crippen molar-refractivity contribution in [2.24, 2.45) is 23.2 Å². The Morgan fingerprint density at radius 1 is 0.611 bits per heavy atom. The molecule has 5 rings (SSSR count). The van der Waals surface area contributed by atoms with Crippen molar-refractivity contribution in [3.8, 4) is 0 Å². The van der Waals surface area contributed by atoms with E-state index in [1.165, 1.54) is 44.9 Å². The van der Waals surface area contributed by atoms with E-state index in [2.05, 4.69) is 5.92 Å². The summed E-state index contributed by atoms with van der Waals surface area (Å²) in [6.45, 7) is 0. The average molecular weight is 245 g/mol. The Kier molecular flexibility index (Phi) is 2.97. The van der Waals surface area contributed by atoms with Crippen LogP contribution in [0.25, 0.3) is 0 Å². The van der Waals surface area contributed by atoms with E-state index in [1.807, 2.05) is 0 Å². The van der Waals surface area contributed by atoms with Gasteiger partial charge in [-0.25, -0.2) is 0 Å². The summed E-state index contributed by atoms with van der Waals surface area (Å²) in [4.78, 5) is 0. The Hall–Kier alpha value is 0. The molecule has 5 fully saturated rings. The highest BCUT2D eigenvalue weighted by Crippen LogP contribution is 2.64. The molecule has 0 atom stereocenters. The van der Waals surface area contributed by atoms with E-state index >= 15 is 0 Å². The molecule has 0 aromatic carbocycles. The summed E-state index contributed by atoms with van der Waals surface area (Å²) in [5.74, 6) is 5.46. The van der Waals surface area contributed by atoms with E-state index in [-0.39, 0.29) is 0 Å². The molecule has 0 heteroatoms. The van der Waals surface area contributed by atoms with Crippen molar-refractivity contribution >= 4 is 0 Å². The minimum Gasteiger partial charge on any atom is -0.0533 e. The van der Waals surface area contributed by atoms with Gasteiger partial charge in [0, 0.05) is 0 Å². The number of hydrogen-bond acceptors (Lipinski definition) is 0. The third-order valence-electron chi connectivity index (χ3n) is 6.75. The van der Waals surface area contributed by atoms with Gasteiger partial charge in [0.15, 0.2) is 0 Å². The molecule has 0 saturated heterocycles. The molecule has 101 valence electrons. The van der Waals surface area contributed by atoms with Gasteiger partial charge in [-0.1, -0.05) is 32.1 Å². The Morgan fingerprint density at radius 3 is 1.56 bits per heavy atom. The third kappa shape index (κ3) is 1.95. The molecule has 0 aromatic heterocycles. The molecule has 18 heavy (non-hydrogen) atoms. The Bertz CT molecular complexity index is 260. The fourth-order valence-electron chi connectivity index (χ4n) is 6.41. The van der Waals surface area contributed by atoms with Crippen LogP contribution in [0.3, 0.4) is 0 Å². The first-order chi connectivity index (χ1) is 8.84. The van der Waals surface area contributed by atoms with Crippen molar-refractivity contribution in [3.63, 3.8) is 0 Å². The second-order valence-electron chi connectivity index (χ2n) is 8.07. The minimum atomic E-state index is 0.770. The van der Waals surface area contributed by atoms with E-state index in [1.54, 1.807) is 38.5 Å². The molecule has 1 radical (unpaired) electrons. The maximum atomic E-state index is 2.06. The molecular weight excluding hydrogens is 216 g/mol. The molecule has 0 N–H and O–H groups in total. The van der Waals surface area contributed by atoms with Crippen LogP contribution in [0, 0.1) is 29.1 Å². The quantitative estimate of drug-likeness (QED) is 0.570. The monoisotopic (exact) mass is 245 g/mol. The smallest absolute Gasteiger partial charge is 0.0179 e. The standard InChI is InChI=1S/C18H29/c1-2-4-6-17(7-5-3-1)18-11-14-8-15(12-18)10-16(9-14)13-18/h14-16H,1-13H2. The van der Waals surface area contributed by atoms with Crippen LogP contribution in [0.1, 0.15) is 83.5 Å². The van der Waals surface area contributed by atoms with E-state index in [0.717, 1.165) is 23.2 Å². The molecule has 0 nitrogen and oxygen atoms in total. The highest BCUT2D eigenvalue weighted by atomic mass is 14.6.